The van der Waals surface area contributed by atoms with Crippen molar-refractivity contribution >= 4 is 5.97 Å². The van der Waals surface area contributed by atoms with E-state index in [0.29, 0.717) is 12.4 Å². The predicted molar refractivity (Wildman–Crippen MR) is 148 cm³/mol. The van der Waals surface area contributed by atoms with Crippen LogP contribution in [0, 0.1) is 19.8 Å². The molecule has 0 heterocycles. The van der Waals surface area contributed by atoms with E-state index in [1.807, 2.05) is 67.5 Å². The van der Waals surface area contributed by atoms with Crippen molar-refractivity contribution in [3.05, 3.63) is 29.8 Å². The maximum Gasteiger partial charge on any atom is 0.308 e. The molecule has 6 heteroatoms. The van der Waals surface area contributed by atoms with Gasteiger partial charge in [-0.1, -0.05) is 91.3 Å². The zero-order valence-corrected chi connectivity index (χ0v) is 27.4. The number of terminal acetylenes is 1. The maximum atomic E-state index is 11.1. The molecule has 0 spiro atoms. The van der Waals surface area contributed by atoms with Crippen molar-refractivity contribution in [2.75, 3.05) is 19.8 Å². The maximum absolute atomic E-state index is 11.1. The average molecular weight is 574 g/mol. The number of aryl methyl sites for hydroxylation is 1. The molecule has 2 rings (SSSR count). The van der Waals surface area contributed by atoms with Crippen molar-refractivity contribution in [2.24, 2.45) is 0 Å². The van der Waals surface area contributed by atoms with E-state index < -0.39 is 5.60 Å². The Morgan fingerprint density at radius 2 is 1.31 bits per heavy atom. The first kappa shape index (κ1) is 47.3. The number of benzene rings is 1. The van der Waals surface area contributed by atoms with Gasteiger partial charge in [-0.15, -0.1) is 12.8 Å². The van der Waals surface area contributed by atoms with Crippen molar-refractivity contribution in [3.8, 4) is 18.6 Å². The van der Waals surface area contributed by atoms with Crippen LogP contribution >= 0.6 is 0 Å². The fourth-order valence-electron chi connectivity index (χ4n) is 1.26. The number of carbonyl (C=O) groups excluding carboxylic acids is 1. The molecule has 1 aliphatic carbocycles. The topological polar surface area (TPSA) is 76.0 Å². The summed E-state index contributed by atoms with van der Waals surface area (Å²) in [6.45, 7) is 20.4. The van der Waals surface area contributed by atoms with Gasteiger partial charge in [0, 0.05) is 32.7 Å². The molecule has 0 bridgehead atoms. The molecule has 1 aliphatic rings. The molecular weight excluding hydrogens is 517 g/mol. The zero-order valence-electron chi connectivity index (χ0n) is 24.5. The number of hydrogen-bond donors (Lipinski definition) is 2. The Labute approximate surface area is 243 Å². The molecule has 1 fully saturated rings. The van der Waals surface area contributed by atoms with Crippen LogP contribution in [0.4, 0.5) is 0 Å². The standard InChI is InChI=1S/C9H18O4.C7H8O.C4H10.C3H6.2C2H6.C2H2.Y/c1-9(2,3)13-8(11)4-6-12-7-5-10;1-6-2-4-7(8)5-3-6;1-3-4-2;1-2-3-1;3*1-2;/h10H,4-7H2,1-3H3;2-5,8H,1H3;3-4H2,1-2H3;1-3H2;2*1-2H3;1-2H;. The van der Waals surface area contributed by atoms with Crippen LogP contribution < -0.4 is 0 Å². The minimum absolute atomic E-state index is 0. The SMILES string of the molecule is C#C.C1CC1.CC.CC.CC(C)(C)OC(=O)CCOCCO.CCCC.Cc1ccc(O)cc1.[Y]. The van der Waals surface area contributed by atoms with Crippen LogP contribution in [0.25, 0.3) is 0 Å². The summed E-state index contributed by atoms with van der Waals surface area (Å²) in [5.41, 5.74) is 0.733. The molecule has 0 amide bonds. The molecule has 2 N–H and O–H groups in total. The smallest absolute Gasteiger partial charge is 0.308 e. The number of rotatable bonds is 6. The van der Waals surface area contributed by atoms with Crippen molar-refractivity contribution in [2.45, 2.75) is 113 Å². The normalized spacial score (nSPS) is 9.63. The Morgan fingerprint density at radius 1 is 0.914 bits per heavy atom. The summed E-state index contributed by atoms with van der Waals surface area (Å²) in [7, 11) is 0. The molecule has 0 atom stereocenters. The molecule has 0 aliphatic heterocycles. The van der Waals surface area contributed by atoms with E-state index >= 15 is 0 Å². The minimum Gasteiger partial charge on any atom is -0.508 e. The number of aliphatic hydroxyl groups excluding tert-OH is 1. The summed E-state index contributed by atoms with van der Waals surface area (Å²) < 4.78 is 9.95. The van der Waals surface area contributed by atoms with Gasteiger partial charge in [-0.3, -0.25) is 4.79 Å². The van der Waals surface area contributed by atoms with Crippen molar-refractivity contribution in [3.63, 3.8) is 0 Å². The van der Waals surface area contributed by atoms with E-state index in [1.54, 1.807) is 12.1 Å². The number of hydrogen-bond acceptors (Lipinski definition) is 5. The summed E-state index contributed by atoms with van der Waals surface area (Å²) in [5, 5.41) is 17.1. The first-order valence-corrected chi connectivity index (χ1v) is 12.7. The van der Waals surface area contributed by atoms with Gasteiger partial charge in [0.2, 0.25) is 0 Å². The number of esters is 1. The van der Waals surface area contributed by atoms with Crippen LogP contribution in [0.3, 0.4) is 0 Å². The van der Waals surface area contributed by atoms with Gasteiger partial charge in [0.05, 0.1) is 26.2 Å². The van der Waals surface area contributed by atoms with Gasteiger partial charge < -0.3 is 19.7 Å². The van der Waals surface area contributed by atoms with E-state index in [2.05, 4.69) is 26.7 Å². The first-order valence-electron chi connectivity index (χ1n) is 12.7. The van der Waals surface area contributed by atoms with E-state index in [-0.39, 0.29) is 58.3 Å². The van der Waals surface area contributed by atoms with Crippen molar-refractivity contribution < 1.29 is 57.2 Å². The molecule has 35 heavy (non-hydrogen) atoms. The van der Waals surface area contributed by atoms with Gasteiger partial charge in [0.25, 0.3) is 0 Å². The molecule has 1 radical (unpaired) electrons. The van der Waals surface area contributed by atoms with Gasteiger partial charge in [0.15, 0.2) is 0 Å². The Morgan fingerprint density at radius 3 is 1.57 bits per heavy atom. The number of carbonyl (C=O) groups is 1. The van der Waals surface area contributed by atoms with Crippen LogP contribution in [-0.2, 0) is 47.0 Å². The summed E-state index contributed by atoms with van der Waals surface area (Å²) in [5.74, 6) is 0.0565. The summed E-state index contributed by atoms with van der Waals surface area (Å²) >= 11 is 0. The van der Waals surface area contributed by atoms with Crippen LogP contribution in [0.5, 0.6) is 5.75 Å². The van der Waals surface area contributed by atoms with Crippen LogP contribution in [0.2, 0.25) is 0 Å². The Kier molecular flexibility index (Phi) is 54.4. The fourth-order valence-corrected chi connectivity index (χ4v) is 1.26. The molecular formula is C29H56O5Y. The number of phenols is 1. The van der Waals surface area contributed by atoms with Gasteiger partial charge in [0.1, 0.15) is 11.4 Å². The zero-order chi connectivity index (χ0) is 27.8. The minimum atomic E-state index is -0.436. The molecule has 205 valence electrons. The van der Waals surface area contributed by atoms with Gasteiger partial charge >= 0.3 is 5.97 Å². The van der Waals surface area contributed by atoms with Gasteiger partial charge in [-0.2, -0.15) is 0 Å². The Hall–Kier alpha value is -0.926. The van der Waals surface area contributed by atoms with Crippen LogP contribution in [0.15, 0.2) is 24.3 Å². The number of aromatic hydroxyl groups is 1. The second kappa shape index (κ2) is 40.3. The third-order valence-electron chi connectivity index (χ3n) is 2.99. The molecule has 1 saturated carbocycles. The number of ether oxygens (including phenoxy) is 2. The number of phenolic OH excluding ortho intramolecular Hbond substituents is 1. The first-order chi connectivity index (χ1) is 16.2. The molecule has 1 aromatic carbocycles. The quantitative estimate of drug-likeness (QED) is 0.207. The number of unbranched alkanes of at least 4 members (excludes halogenated alkanes) is 1. The van der Waals surface area contributed by atoms with E-state index in [1.165, 1.54) is 37.7 Å². The second-order valence-corrected chi connectivity index (χ2v) is 7.57. The molecule has 0 unspecified atom stereocenters. The largest absolute Gasteiger partial charge is 0.508 e. The van der Waals surface area contributed by atoms with E-state index in [0.717, 1.165) is 0 Å². The van der Waals surface area contributed by atoms with E-state index in [9.17, 15) is 4.79 Å². The summed E-state index contributed by atoms with van der Waals surface area (Å²) in [4.78, 5) is 11.1. The fraction of sp³-hybridized carbons (Fsp3) is 0.690. The second-order valence-electron chi connectivity index (χ2n) is 7.57. The Bertz CT molecular complexity index is 480. The average Bonchev–Trinajstić information content (AvgIpc) is 3.72. The van der Waals surface area contributed by atoms with Crippen LogP contribution in [0.1, 0.15) is 106 Å². The molecule has 1 aromatic rings. The van der Waals surface area contributed by atoms with Crippen molar-refractivity contribution in [1.82, 2.24) is 0 Å². The summed E-state index contributed by atoms with van der Waals surface area (Å²) in [6.07, 6.45) is 15.4. The Balaban J connectivity index is -0.0000000814. The number of aliphatic hydroxyl groups is 1. The van der Waals surface area contributed by atoms with Gasteiger partial charge in [-0.25, -0.2) is 0 Å². The third kappa shape index (κ3) is 65.5. The van der Waals surface area contributed by atoms with Gasteiger partial charge in [-0.05, 0) is 39.8 Å². The van der Waals surface area contributed by atoms with Crippen LogP contribution in [-0.4, -0.2) is 41.6 Å². The monoisotopic (exact) mass is 573 g/mol. The molecule has 0 aromatic heterocycles. The van der Waals surface area contributed by atoms with E-state index in [4.69, 9.17) is 19.7 Å². The van der Waals surface area contributed by atoms with Crippen molar-refractivity contribution in [1.29, 1.82) is 0 Å². The summed E-state index contributed by atoms with van der Waals surface area (Å²) in [6, 6.07) is 7.09. The predicted octanol–water partition coefficient (Wildman–Crippen LogP) is 7.70. The molecule has 5 nitrogen and oxygen atoms in total. The molecule has 0 saturated heterocycles. The third-order valence-corrected chi connectivity index (χ3v) is 2.99.